The molecule has 1 aliphatic rings. The van der Waals surface area contributed by atoms with Crippen LogP contribution in [0.5, 0.6) is 0 Å². The fraction of sp³-hybridized carbons (Fsp3) is 0.269. The highest BCUT2D eigenvalue weighted by Gasteiger charge is 2.27. The highest BCUT2D eigenvalue weighted by molar-refractivity contribution is 6.39. The average Bonchev–Trinajstić information content (AvgIpc) is 2.91. The number of nitrogens with zero attached hydrogens (tertiary/aromatic N) is 4. The number of carbonyl (C=O) groups is 2. The summed E-state index contributed by atoms with van der Waals surface area (Å²) in [4.78, 5) is 44.3. The maximum atomic E-state index is 12.5. The van der Waals surface area contributed by atoms with E-state index in [4.69, 9.17) is 0 Å². The van der Waals surface area contributed by atoms with Crippen molar-refractivity contribution in [3.05, 3.63) is 100 Å². The number of non-ortho nitro benzene ring substituents is 1. The van der Waals surface area contributed by atoms with Crippen LogP contribution in [-0.2, 0) is 16.1 Å². The van der Waals surface area contributed by atoms with Crippen molar-refractivity contribution < 1.29 is 14.5 Å². The summed E-state index contributed by atoms with van der Waals surface area (Å²) in [6.45, 7) is 4.50. The molecule has 1 fully saturated rings. The molecule has 1 atom stereocenters. The van der Waals surface area contributed by atoms with Crippen LogP contribution in [0.15, 0.2) is 79.1 Å². The van der Waals surface area contributed by atoms with E-state index in [1.807, 2.05) is 30.3 Å². The Morgan fingerprint density at radius 3 is 2.44 bits per heavy atom. The summed E-state index contributed by atoms with van der Waals surface area (Å²) in [6, 6.07) is 19.5. The molecule has 0 unspecified atom stereocenters. The minimum Gasteiger partial charge on any atom is -0.346 e. The van der Waals surface area contributed by atoms with E-state index >= 15 is 0 Å². The van der Waals surface area contributed by atoms with Gasteiger partial charge in [0.25, 0.3) is 5.69 Å². The van der Waals surface area contributed by atoms with Gasteiger partial charge in [0.1, 0.15) is 0 Å². The standard InChI is InChI=1S/C26H28N6O4/c33-25(26(34)29-22-9-4-10-23(16-22)32(35)36)28-18-24(21-8-5-11-27-17-21)31-14-12-30(13-15-31)19-20-6-2-1-3-7-20/h1-11,16-17,24H,12-15,18-19H2,(H,28,33)(H,29,34)/t24-/m1/s1. The molecule has 1 saturated heterocycles. The number of hydrogen-bond donors (Lipinski definition) is 2. The van der Waals surface area contributed by atoms with Crippen LogP contribution in [0.4, 0.5) is 11.4 Å². The van der Waals surface area contributed by atoms with Crippen molar-refractivity contribution in [2.45, 2.75) is 12.6 Å². The number of amides is 2. The van der Waals surface area contributed by atoms with E-state index in [0.717, 1.165) is 38.3 Å². The van der Waals surface area contributed by atoms with Crippen LogP contribution < -0.4 is 10.6 Å². The molecule has 1 aliphatic heterocycles. The van der Waals surface area contributed by atoms with Gasteiger partial charge in [-0.05, 0) is 23.3 Å². The van der Waals surface area contributed by atoms with Crippen molar-refractivity contribution >= 4 is 23.2 Å². The Bertz CT molecular complexity index is 1180. The van der Waals surface area contributed by atoms with Gasteiger partial charge in [0, 0.05) is 69.5 Å². The fourth-order valence-electron chi connectivity index (χ4n) is 4.26. The number of nitrogens with one attached hydrogen (secondary N) is 2. The topological polar surface area (TPSA) is 121 Å². The van der Waals surface area contributed by atoms with Crippen LogP contribution in [-0.4, -0.2) is 64.2 Å². The summed E-state index contributed by atoms with van der Waals surface area (Å²) < 4.78 is 0. The lowest BCUT2D eigenvalue weighted by Gasteiger charge is -2.39. The number of benzene rings is 2. The SMILES string of the molecule is O=C(NC[C@H](c1cccnc1)N1CCN(Cc2ccccc2)CC1)C(=O)Nc1cccc([N+](=O)[O-])c1. The van der Waals surface area contributed by atoms with Crippen LogP contribution in [0, 0.1) is 10.1 Å². The first-order chi connectivity index (χ1) is 17.5. The van der Waals surface area contributed by atoms with E-state index in [-0.39, 0.29) is 24.0 Å². The fourth-order valence-corrected chi connectivity index (χ4v) is 4.26. The number of nitro benzene ring substituents is 1. The van der Waals surface area contributed by atoms with Crippen LogP contribution in [0.3, 0.4) is 0 Å². The molecular formula is C26H28N6O4. The number of aromatic nitrogens is 1. The normalized spacial score (nSPS) is 15.1. The van der Waals surface area contributed by atoms with Gasteiger partial charge in [0.05, 0.1) is 11.0 Å². The Balaban J connectivity index is 1.35. The predicted molar refractivity (Wildman–Crippen MR) is 135 cm³/mol. The smallest absolute Gasteiger partial charge is 0.313 e. The maximum absolute atomic E-state index is 12.5. The van der Waals surface area contributed by atoms with Crippen molar-refractivity contribution in [2.24, 2.45) is 0 Å². The number of pyridine rings is 1. The van der Waals surface area contributed by atoms with E-state index in [2.05, 4.69) is 37.6 Å². The summed E-state index contributed by atoms with van der Waals surface area (Å²) >= 11 is 0. The van der Waals surface area contributed by atoms with Crippen LogP contribution >= 0.6 is 0 Å². The molecule has 2 amide bonds. The Labute approximate surface area is 209 Å². The minimum absolute atomic E-state index is 0.146. The molecule has 0 radical (unpaired) electrons. The number of rotatable bonds is 8. The zero-order valence-corrected chi connectivity index (χ0v) is 19.7. The van der Waals surface area contributed by atoms with E-state index in [1.165, 1.54) is 29.8 Å². The van der Waals surface area contributed by atoms with Gasteiger partial charge in [0.2, 0.25) is 0 Å². The molecule has 3 aromatic rings. The Hall–Kier alpha value is -4.15. The number of carbonyl (C=O) groups excluding carboxylic acids is 2. The van der Waals surface area contributed by atoms with Crippen molar-refractivity contribution in [1.82, 2.24) is 20.1 Å². The number of piperazine rings is 1. The summed E-state index contributed by atoms with van der Waals surface area (Å²) in [6.07, 6.45) is 3.47. The largest absolute Gasteiger partial charge is 0.346 e. The molecule has 0 bridgehead atoms. The first kappa shape index (κ1) is 25.0. The summed E-state index contributed by atoms with van der Waals surface area (Å²) in [5, 5.41) is 16.1. The van der Waals surface area contributed by atoms with Crippen molar-refractivity contribution in [1.29, 1.82) is 0 Å². The first-order valence-electron chi connectivity index (χ1n) is 11.7. The minimum atomic E-state index is -0.881. The van der Waals surface area contributed by atoms with Gasteiger partial charge in [-0.1, -0.05) is 42.5 Å². The lowest BCUT2D eigenvalue weighted by molar-refractivity contribution is -0.384. The third-order valence-electron chi connectivity index (χ3n) is 6.14. The maximum Gasteiger partial charge on any atom is 0.313 e. The van der Waals surface area contributed by atoms with Gasteiger partial charge in [-0.15, -0.1) is 0 Å². The van der Waals surface area contributed by atoms with Gasteiger partial charge in [-0.25, -0.2) is 0 Å². The molecule has 2 N–H and O–H groups in total. The highest BCUT2D eigenvalue weighted by Crippen LogP contribution is 2.22. The van der Waals surface area contributed by atoms with Gasteiger partial charge < -0.3 is 10.6 Å². The number of hydrogen-bond acceptors (Lipinski definition) is 7. The predicted octanol–water partition coefficient (Wildman–Crippen LogP) is 2.60. The van der Waals surface area contributed by atoms with Gasteiger partial charge in [-0.2, -0.15) is 0 Å². The number of nitro groups is 1. The zero-order chi connectivity index (χ0) is 25.3. The molecule has 4 rings (SSSR count). The molecular weight excluding hydrogens is 460 g/mol. The zero-order valence-electron chi connectivity index (χ0n) is 19.7. The molecule has 36 heavy (non-hydrogen) atoms. The molecule has 2 aromatic carbocycles. The Morgan fingerprint density at radius 2 is 1.75 bits per heavy atom. The van der Waals surface area contributed by atoms with Gasteiger partial charge >= 0.3 is 11.8 Å². The van der Waals surface area contributed by atoms with Gasteiger partial charge in [-0.3, -0.25) is 34.5 Å². The Kier molecular flexibility index (Phi) is 8.32. The Morgan fingerprint density at radius 1 is 0.972 bits per heavy atom. The van der Waals surface area contributed by atoms with E-state index in [9.17, 15) is 19.7 Å². The third kappa shape index (κ3) is 6.71. The second-order valence-corrected chi connectivity index (χ2v) is 8.57. The molecule has 186 valence electrons. The summed E-state index contributed by atoms with van der Waals surface area (Å²) in [7, 11) is 0. The lowest BCUT2D eigenvalue weighted by Crippen LogP contribution is -2.50. The summed E-state index contributed by atoms with van der Waals surface area (Å²) in [5.41, 5.74) is 2.24. The second-order valence-electron chi connectivity index (χ2n) is 8.57. The van der Waals surface area contributed by atoms with E-state index in [0.29, 0.717) is 0 Å². The van der Waals surface area contributed by atoms with Gasteiger partial charge in [0.15, 0.2) is 0 Å². The van der Waals surface area contributed by atoms with E-state index in [1.54, 1.807) is 12.4 Å². The molecule has 0 aliphatic carbocycles. The molecule has 0 spiro atoms. The molecule has 10 nitrogen and oxygen atoms in total. The third-order valence-corrected chi connectivity index (χ3v) is 6.14. The monoisotopic (exact) mass is 488 g/mol. The van der Waals surface area contributed by atoms with Crippen molar-refractivity contribution in [3.8, 4) is 0 Å². The average molecular weight is 489 g/mol. The number of anilines is 1. The quantitative estimate of drug-likeness (QED) is 0.284. The van der Waals surface area contributed by atoms with Crippen LogP contribution in [0.2, 0.25) is 0 Å². The lowest BCUT2D eigenvalue weighted by atomic mass is 10.1. The second kappa shape index (κ2) is 12.0. The first-order valence-corrected chi connectivity index (χ1v) is 11.7. The van der Waals surface area contributed by atoms with Crippen molar-refractivity contribution in [2.75, 3.05) is 38.0 Å². The van der Waals surface area contributed by atoms with E-state index < -0.39 is 16.7 Å². The molecule has 0 saturated carbocycles. The highest BCUT2D eigenvalue weighted by atomic mass is 16.6. The van der Waals surface area contributed by atoms with Crippen LogP contribution in [0.1, 0.15) is 17.2 Å². The molecule has 1 aromatic heterocycles. The molecule has 2 heterocycles. The summed E-state index contributed by atoms with van der Waals surface area (Å²) in [5.74, 6) is -1.69. The molecule has 10 heteroatoms. The van der Waals surface area contributed by atoms with Crippen LogP contribution in [0.25, 0.3) is 0 Å². The van der Waals surface area contributed by atoms with Crippen molar-refractivity contribution in [3.63, 3.8) is 0 Å².